The molecule has 1 amide bonds. The van der Waals surface area contributed by atoms with Gasteiger partial charge in [0.1, 0.15) is 12.4 Å². The number of aromatic nitrogens is 4. The molecule has 26 heavy (non-hydrogen) atoms. The number of anilines is 1. The average Bonchev–Trinajstić information content (AvgIpc) is 3.24. The second-order valence-corrected chi connectivity index (χ2v) is 6.63. The van der Waals surface area contributed by atoms with Gasteiger partial charge in [0.25, 0.3) is 5.91 Å². The summed E-state index contributed by atoms with van der Waals surface area (Å²) >= 11 is 1.34. The van der Waals surface area contributed by atoms with E-state index in [0.717, 1.165) is 5.82 Å². The quantitative estimate of drug-likeness (QED) is 0.685. The van der Waals surface area contributed by atoms with Gasteiger partial charge in [0.05, 0.1) is 11.7 Å². The first-order valence-corrected chi connectivity index (χ1v) is 8.88. The maximum absolute atomic E-state index is 12.5. The number of hydrogen-bond donors (Lipinski definition) is 1. The van der Waals surface area contributed by atoms with Crippen LogP contribution in [0.5, 0.6) is 11.8 Å². The fourth-order valence-electron chi connectivity index (χ4n) is 2.12. The number of carbonyl (C=O) groups is 1. The van der Waals surface area contributed by atoms with Crippen LogP contribution in [-0.2, 0) is 13.7 Å². The Balaban J connectivity index is 1.80. The summed E-state index contributed by atoms with van der Waals surface area (Å²) in [6.07, 6.45) is 5.07. The van der Waals surface area contributed by atoms with E-state index >= 15 is 0 Å². The number of nitrogens with zero attached hydrogens (tertiary/aromatic N) is 4. The first-order valence-electron chi connectivity index (χ1n) is 8.00. The number of pyridine rings is 1. The number of imidazole rings is 1. The highest BCUT2D eigenvalue weighted by Crippen LogP contribution is 2.21. The fraction of sp³-hybridized carbons (Fsp3) is 0.294. The monoisotopic (exact) mass is 373 g/mol. The molecule has 3 heterocycles. The van der Waals surface area contributed by atoms with Crippen LogP contribution >= 0.6 is 11.3 Å². The summed E-state index contributed by atoms with van der Waals surface area (Å²) in [6, 6.07) is 3.15. The molecule has 0 unspecified atom stereocenters. The lowest BCUT2D eigenvalue weighted by Gasteiger charge is -2.13. The smallest absolute Gasteiger partial charge is 0.257 e. The van der Waals surface area contributed by atoms with Gasteiger partial charge in [-0.3, -0.25) is 10.1 Å². The van der Waals surface area contributed by atoms with Crippen molar-refractivity contribution < 1.29 is 14.3 Å². The minimum Gasteiger partial charge on any atom is -0.475 e. The first-order chi connectivity index (χ1) is 12.5. The van der Waals surface area contributed by atoms with E-state index in [1.165, 1.54) is 11.3 Å². The van der Waals surface area contributed by atoms with E-state index in [-0.39, 0.29) is 24.5 Å². The predicted molar refractivity (Wildman–Crippen MR) is 97.6 cm³/mol. The van der Waals surface area contributed by atoms with Gasteiger partial charge >= 0.3 is 0 Å². The van der Waals surface area contributed by atoms with Gasteiger partial charge in [-0.05, 0) is 13.8 Å². The summed E-state index contributed by atoms with van der Waals surface area (Å²) in [7, 11) is 1.88. The molecule has 9 heteroatoms. The number of carbonyl (C=O) groups excluding carboxylic acids is 1. The van der Waals surface area contributed by atoms with Crippen LogP contribution in [0.3, 0.4) is 0 Å². The van der Waals surface area contributed by atoms with Crippen LogP contribution in [0.25, 0.3) is 0 Å². The first kappa shape index (κ1) is 17.9. The third-order valence-corrected chi connectivity index (χ3v) is 4.01. The Morgan fingerprint density at radius 1 is 1.27 bits per heavy atom. The maximum atomic E-state index is 12.5. The largest absolute Gasteiger partial charge is 0.475 e. The second kappa shape index (κ2) is 7.96. The summed E-state index contributed by atoms with van der Waals surface area (Å²) in [5.74, 6) is 1.05. The van der Waals surface area contributed by atoms with Crippen LogP contribution < -0.4 is 14.8 Å². The Morgan fingerprint density at radius 3 is 2.73 bits per heavy atom. The molecule has 0 aromatic carbocycles. The van der Waals surface area contributed by atoms with Crippen LogP contribution in [0.15, 0.2) is 36.1 Å². The highest BCUT2D eigenvalue weighted by atomic mass is 32.1. The van der Waals surface area contributed by atoms with Crippen LogP contribution in [0.4, 0.5) is 5.13 Å². The van der Waals surface area contributed by atoms with Crippen molar-refractivity contribution in [3.05, 3.63) is 47.5 Å². The number of rotatable bonds is 7. The number of amides is 1. The molecular weight excluding hydrogens is 354 g/mol. The standard InChI is InChI=1S/C17H19N5O3S/c1-11(2)25-15-9-12(16(23)21-17-19-5-7-26-17)8-14(20-15)24-10-13-18-4-6-22(13)3/h4-9,11H,10H2,1-3H3,(H,19,21,23). The summed E-state index contributed by atoms with van der Waals surface area (Å²) in [5, 5.41) is 5.05. The number of hydrogen-bond acceptors (Lipinski definition) is 7. The van der Waals surface area contributed by atoms with E-state index in [1.54, 1.807) is 29.9 Å². The molecule has 8 nitrogen and oxygen atoms in total. The molecule has 0 aliphatic carbocycles. The molecule has 136 valence electrons. The summed E-state index contributed by atoms with van der Waals surface area (Å²) in [5.41, 5.74) is 0.376. The Kier molecular flexibility index (Phi) is 5.47. The lowest BCUT2D eigenvalue weighted by molar-refractivity contribution is 0.102. The molecule has 0 saturated carbocycles. The number of ether oxygens (including phenoxy) is 2. The van der Waals surface area contributed by atoms with Crippen LogP contribution in [0.1, 0.15) is 30.0 Å². The van der Waals surface area contributed by atoms with Gasteiger partial charge < -0.3 is 14.0 Å². The zero-order valence-electron chi connectivity index (χ0n) is 14.7. The van der Waals surface area contributed by atoms with Gasteiger partial charge in [-0.2, -0.15) is 4.98 Å². The molecule has 0 aliphatic rings. The van der Waals surface area contributed by atoms with Gasteiger partial charge in [0, 0.05) is 43.2 Å². The average molecular weight is 373 g/mol. The van der Waals surface area contributed by atoms with Gasteiger partial charge in [0.15, 0.2) is 5.13 Å². The van der Waals surface area contributed by atoms with Crippen molar-refractivity contribution in [1.82, 2.24) is 19.5 Å². The third kappa shape index (κ3) is 4.57. The van der Waals surface area contributed by atoms with E-state index in [2.05, 4.69) is 20.3 Å². The molecule has 3 rings (SSSR count). The lowest BCUT2D eigenvalue weighted by Crippen LogP contribution is -2.14. The summed E-state index contributed by atoms with van der Waals surface area (Å²) in [6.45, 7) is 4.01. The Labute approximate surface area is 154 Å². The Bertz CT molecular complexity index is 876. The molecule has 1 N–H and O–H groups in total. The topological polar surface area (TPSA) is 91.2 Å². The molecule has 0 saturated heterocycles. The predicted octanol–water partition coefficient (Wildman–Crippen LogP) is 2.89. The normalized spacial score (nSPS) is 10.8. The van der Waals surface area contributed by atoms with Crippen molar-refractivity contribution in [2.24, 2.45) is 7.05 Å². The molecular formula is C17H19N5O3S. The molecule has 3 aromatic rings. The lowest BCUT2D eigenvalue weighted by atomic mass is 10.2. The number of nitrogens with one attached hydrogen (secondary N) is 1. The second-order valence-electron chi connectivity index (χ2n) is 5.73. The highest BCUT2D eigenvalue weighted by Gasteiger charge is 2.14. The van der Waals surface area contributed by atoms with E-state index < -0.39 is 0 Å². The van der Waals surface area contributed by atoms with Gasteiger partial charge in [0.2, 0.25) is 11.8 Å². The summed E-state index contributed by atoms with van der Waals surface area (Å²) in [4.78, 5) is 25.1. The third-order valence-electron chi connectivity index (χ3n) is 3.32. The molecule has 0 fully saturated rings. The highest BCUT2D eigenvalue weighted by molar-refractivity contribution is 7.13. The zero-order valence-corrected chi connectivity index (χ0v) is 15.5. The van der Waals surface area contributed by atoms with E-state index in [4.69, 9.17) is 9.47 Å². The summed E-state index contributed by atoms with van der Waals surface area (Å²) < 4.78 is 13.2. The molecule has 0 aliphatic heterocycles. The fourth-order valence-corrected chi connectivity index (χ4v) is 2.64. The van der Waals surface area contributed by atoms with Crippen molar-refractivity contribution in [1.29, 1.82) is 0 Å². The van der Waals surface area contributed by atoms with E-state index in [9.17, 15) is 4.79 Å². The number of aryl methyl sites for hydroxylation is 1. The molecule has 3 aromatic heterocycles. The van der Waals surface area contributed by atoms with Crippen LogP contribution in [0, 0.1) is 0 Å². The van der Waals surface area contributed by atoms with Crippen molar-refractivity contribution >= 4 is 22.4 Å². The van der Waals surface area contributed by atoms with Crippen molar-refractivity contribution in [3.8, 4) is 11.8 Å². The minimum absolute atomic E-state index is 0.0813. The van der Waals surface area contributed by atoms with Gasteiger partial charge in [-0.25, -0.2) is 9.97 Å². The molecule has 0 radical (unpaired) electrons. The molecule has 0 spiro atoms. The van der Waals surface area contributed by atoms with Crippen LogP contribution in [0.2, 0.25) is 0 Å². The van der Waals surface area contributed by atoms with Crippen molar-refractivity contribution in [2.75, 3.05) is 5.32 Å². The van der Waals surface area contributed by atoms with Gasteiger partial charge in [-0.1, -0.05) is 0 Å². The van der Waals surface area contributed by atoms with Crippen molar-refractivity contribution in [3.63, 3.8) is 0 Å². The SMILES string of the molecule is CC(C)Oc1cc(C(=O)Nc2nccs2)cc(OCc2nccn2C)n1. The van der Waals surface area contributed by atoms with Gasteiger partial charge in [-0.15, -0.1) is 11.3 Å². The minimum atomic E-state index is -0.308. The maximum Gasteiger partial charge on any atom is 0.257 e. The van der Waals surface area contributed by atoms with E-state index in [0.29, 0.717) is 16.6 Å². The van der Waals surface area contributed by atoms with E-state index in [1.807, 2.05) is 31.7 Å². The van der Waals surface area contributed by atoms with Crippen molar-refractivity contribution in [2.45, 2.75) is 26.6 Å². The molecule has 0 bridgehead atoms. The molecule has 0 atom stereocenters. The number of thiazole rings is 1. The zero-order chi connectivity index (χ0) is 18.5. The Hall–Kier alpha value is -2.94. The Morgan fingerprint density at radius 2 is 2.08 bits per heavy atom. The van der Waals surface area contributed by atoms with Crippen LogP contribution in [-0.4, -0.2) is 31.5 Å².